The Morgan fingerprint density at radius 2 is 1.89 bits per heavy atom. The summed E-state index contributed by atoms with van der Waals surface area (Å²) in [5.41, 5.74) is 3.15. The van der Waals surface area contributed by atoms with Crippen molar-refractivity contribution in [1.82, 2.24) is 14.9 Å². The van der Waals surface area contributed by atoms with Crippen molar-refractivity contribution in [3.8, 4) is 5.69 Å². The second-order valence-electron chi connectivity index (χ2n) is 8.39. The van der Waals surface area contributed by atoms with E-state index in [0.29, 0.717) is 23.9 Å². The van der Waals surface area contributed by atoms with E-state index >= 15 is 0 Å². The number of ether oxygens (including phenoxy) is 1. The van der Waals surface area contributed by atoms with Crippen LogP contribution in [0.4, 0.5) is 0 Å². The molecule has 2 heterocycles. The average Bonchev–Trinajstić information content (AvgIpc) is 3.48. The summed E-state index contributed by atoms with van der Waals surface area (Å²) in [4.78, 5) is 44.9. The van der Waals surface area contributed by atoms with Crippen molar-refractivity contribution < 1.29 is 14.3 Å². The number of esters is 1. The third-order valence-electron chi connectivity index (χ3n) is 6.01. The van der Waals surface area contributed by atoms with Gasteiger partial charge in [-0.05, 0) is 61.6 Å². The lowest BCUT2D eigenvalue weighted by molar-refractivity contribution is -0.118. The number of aromatic nitrogens is 2. The number of amides is 1. The standard InChI is InChI=1S/C27H25N3O4S2/c1-2-34-26(33)18-13-11-17(12-14-18)15-28-22(31)16-35-27-29-24-23(20-9-6-10-21(20)36-24)25(32)30(27)19-7-4-3-5-8-19/h3-5,7-8,11-14H,2,6,9-10,15-16H2,1H3,(H,28,31). The molecule has 5 rings (SSSR count). The van der Waals surface area contributed by atoms with Crippen LogP contribution in [0.25, 0.3) is 15.9 Å². The largest absolute Gasteiger partial charge is 0.462 e. The van der Waals surface area contributed by atoms with Gasteiger partial charge in [-0.1, -0.05) is 42.1 Å². The normalized spacial score (nSPS) is 12.5. The van der Waals surface area contributed by atoms with Crippen LogP contribution in [-0.2, 0) is 28.9 Å². The molecule has 0 aliphatic heterocycles. The highest BCUT2D eigenvalue weighted by atomic mass is 32.2. The molecule has 0 atom stereocenters. The molecule has 0 fully saturated rings. The van der Waals surface area contributed by atoms with Crippen LogP contribution < -0.4 is 10.9 Å². The maximum Gasteiger partial charge on any atom is 0.338 e. The van der Waals surface area contributed by atoms with Gasteiger partial charge < -0.3 is 10.1 Å². The number of hydrogen-bond donors (Lipinski definition) is 1. The van der Waals surface area contributed by atoms with Crippen LogP contribution in [0.15, 0.2) is 64.5 Å². The molecule has 7 nitrogen and oxygen atoms in total. The lowest BCUT2D eigenvalue weighted by atomic mass is 10.1. The number of benzene rings is 2. The van der Waals surface area contributed by atoms with E-state index < -0.39 is 0 Å². The number of fused-ring (bicyclic) bond motifs is 3. The number of nitrogens with zero attached hydrogens (tertiary/aromatic N) is 2. The van der Waals surface area contributed by atoms with E-state index in [1.807, 2.05) is 30.3 Å². The van der Waals surface area contributed by atoms with Crippen molar-refractivity contribution in [2.24, 2.45) is 0 Å². The summed E-state index contributed by atoms with van der Waals surface area (Å²) in [6, 6.07) is 16.4. The number of nitrogens with one attached hydrogen (secondary N) is 1. The minimum Gasteiger partial charge on any atom is -0.462 e. The second-order valence-corrected chi connectivity index (χ2v) is 10.4. The third kappa shape index (κ3) is 4.94. The highest BCUT2D eigenvalue weighted by Gasteiger charge is 2.24. The van der Waals surface area contributed by atoms with E-state index in [0.717, 1.165) is 46.3 Å². The van der Waals surface area contributed by atoms with Crippen LogP contribution in [0.2, 0.25) is 0 Å². The summed E-state index contributed by atoms with van der Waals surface area (Å²) in [7, 11) is 0. The maximum absolute atomic E-state index is 13.6. The van der Waals surface area contributed by atoms with Crippen molar-refractivity contribution in [1.29, 1.82) is 0 Å². The first-order valence-electron chi connectivity index (χ1n) is 11.8. The molecule has 0 spiro atoms. The first kappa shape index (κ1) is 24.3. The Hall–Kier alpha value is -3.43. The SMILES string of the molecule is CCOC(=O)c1ccc(CNC(=O)CSc2nc3sc4c(c3c(=O)n2-c2ccccc2)CCC4)cc1. The molecule has 0 bridgehead atoms. The molecule has 0 saturated heterocycles. The molecule has 2 aromatic carbocycles. The Kier molecular flexibility index (Phi) is 7.20. The first-order chi connectivity index (χ1) is 17.5. The molecule has 36 heavy (non-hydrogen) atoms. The van der Waals surface area contributed by atoms with E-state index in [9.17, 15) is 14.4 Å². The molecule has 9 heteroatoms. The maximum atomic E-state index is 13.6. The van der Waals surface area contributed by atoms with Crippen LogP contribution in [0.5, 0.6) is 0 Å². The van der Waals surface area contributed by atoms with Gasteiger partial charge in [0.05, 0.1) is 29.0 Å². The summed E-state index contributed by atoms with van der Waals surface area (Å²) >= 11 is 2.85. The van der Waals surface area contributed by atoms with Crippen LogP contribution in [0.3, 0.4) is 0 Å². The van der Waals surface area contributed by atoms with Gasteiger partial charge in [0.1, 0.15) is 4.83 Å². The highest BCUT2D eigenvalue weighted by molar-refractivity contribution is 7.99. The zero-order valence-corrected chi connectivity index (χ0v) is 21.4. The van der Waals surface area contributed by atoms with E-state index in [1.165, 1.54) is 16.6 Å². The molecular formula is C27H25N3O4S2. The minimum atomic E-state index is -0.366. The lowest BCUT2D eigenvalue weighted by Gasteiger charge is -2.12. The van der Waals surface area contributed by atoms with Gasteiger partial charge in [0.2, 0.25) is 5.91 Å². The number of rotatable bonds is 8. The summed E-state index contributed by atoms with van der Waals surface area (Å²) in [6.45, 7) is 2.42. The predicted octanol–water partition coefficient (Wildman–Crippen LogP) is 4.52. The number of thiophene rings is 1. The van der Waals surface area contributed by atoms with E-state index in [-0.39, 0.29) is 23.2 Å². The Morgan fingerprint density at radius 1 is 1.11 bits per heavy atom. The summed E-state index contributed by atoms with van der Waals surface area (Å²) in [5, 5.41) is 4.12. The van der Waals surface area contributed by atoms with Crippen LogP contribution in [0, 0.1) is 0 Å². The topological polar surface area (TPSA) is 90.3 Å². The molecule has 0 radical (unpaired) electrons. The molecule has 1 amide bonds. The van der Waals surface area contributed by atoms with Gasteiger partial charge in [-0.3, -0.25) is 14.2 Å². The van der Waals surface area contributed by atoms with E-state index in [2.05, 4.69) is 5.32 Å². The molecule has 0 unspecified atom stereocenters. The Labute approximate surface area is 216 Å². The number of hydrogen-bond acceptors (Lipinski definition) is 7. The fourth-order valence-electron chi connectivity index (χ4n) is 4.28. The van der Waals surface area contributed by atoms with Gasteiger partial charge in [-0.15, -0.1) is 11.3 Å². The lowest BCUT2D eigenvalue weighted by Crippen LogP contribution is -2.26. The van der Waals surface area contributed by atoms with Crippen molar-refractivity contribution >= 4 is 45.2 Å². The number of thioether (sulfide) groups is 1. The van der Waals surface area contributed by atoms with Gasteiger partial charge in [0.15, 0.2) is 5.16 Å². The Bertz CT molecular complexity index is 1480. The fraction of sp³-hybridized carbons (Fsp3) is 0.259. The predicted molar refractivity (Wildman–Crippen MR) is 142 cm³/mol. The van der Waals surface area contributed by atoms with E-state index in [1.54, 1.807) is 47.1 Å². The van der Waals surface area contributed by atoms with Crippen molar-refractivity contribution in [2.75, 3.05) is 12.4 Å². The monoisotopic (exact) mass is 519 g/mol. The quantitative estimate of drug-likeness (QED) is 0.209. The van der Waals surface area contributed by atoms with Crippen LogP contribution >= 0.6 is 23.1 Å². The number of para-hydroxylation sites is 1. The number of aryl methyl sites for hydroxylation is 2. The molecule has 1 aliphatic carbocycles. The highest BCUT2D eigenvalue weighted by Crippen LogP contribution is 2.36. The Balaban J connectivity index is 1.32. The van der Waals surface area contributed by atoms with Crippen molar-refractivity contribution in [3.05, 3.63) is 86.5 Å². The zero-order valence-electron chi connectivity index (χ0n) is 19.8. The molecular weight excluding hydrogens is 494 g/mol. The summed E-state index contributed by atoms with van der Waals surface area (Å²) in [6.07, 6.45) is 2.98. The van der Waals surface area contributed by atoms with E-state index in [4.69, 9.17) is 9.72 Å². The second kappa shape index (κ2) is 10.7. The number of carbonyl (C=O) groups is 2. The fourth-order valence-corrected chi connectivity index (χ4v) is 6.43. The van der Waals surface area contributed by atoms with Crippen molar-refractivity contribution in [3.63, 3.8) is 0 Å². The number of carbonyl (C=O) groups excluding carboxylic acids is 2. The van der Waals surface area contributed by atoms with Gasteiger partial charge >= 0.3 is 5.97 Å². The average molecular weight is 520 g/mol. The molecule has 184 valence electrons. The first-order valence-corrected chi connectivity index (χ1v) is 13.6. The van der Waals surface area contributed by atoms with Gasteiger partial charge in [-0.2, -0.15) is 0 Å². The van der Waals surface area contributed by atoms with Gasteiger partial charge in [-0.25, -0.2) is 9.78 Å². The zero-order chi connectivity index (χ0) is 25.1. The summed E-state index contributed by atoms with van der Waals surface area (Å²) < 4.78 is 6.62. The van der Waals surface area contributed by atoms with Crippen molar-refractivity contribution in [2.45, 2.75) is 37.9 Å². The molecule has 1 N–H and O–H groups in total. The van der Waals surface area contributed by atoms with Crippen LogP contribution in [0.1, 0.15) is 39.7 Å². The Morgan fingerprint density at radius 3 is 2.64 bits per heavy atom. The van der Waals surface area contributed by atoms with Gasteiger partial charge in [0.25, 0.3) is 5.56 Å². The summed E-state index contributed by atoms with van der Waals surface area (Å²) in [5.74, 6) is -0.414. The molecule has 2 aromatic heterocycles. The molecule has 0 saturated carbocycles. The molecule has 1 aliphatic rings. The molecule has 4 aromatic rings. The smallest absolute Gasteiger partial charge is 0.338 e. The van der Waals surface area contributed by atoms with Crippen LogP contribution in [-0.4, -0.2) is 33.8 Å². The third-order valence-corrected chi connectivity index (χ3v) is 8.13. The van der Waals surface area contributed by atoms with Gasteiger partial charge in [0, 0.05) is 11.4 Å². The minimum absolute atomic E-state index is 0.0739.